The van der Waals surface area contributed by atoms with Gasteiger partial charge in [-0.15, -0.1) is 12.4 Å². The van der Waals surface area contributed by atoms with Crippen molar-refractivity contribution in [1.82, 2.24) is 10.2 Å². The molecule has 5 nitrogen and oxygen atoms in total. The van der Waals surface area contributed by atoms with Crippen LogP contribution in [0.2, 0.25) is 0 Å². The normalized spacial score (nSPS) is 19.8. The zero-order valence-corrected chi connectivity index (χ0v) is 14.6. The molecule has 128 valence electrons. The van der Waals surface area contributed by atoms with E-state index in [1.165, 1.54) is 0 Å². The summed E-state index contributed by atoms with van der Waals surface area (Å²) in [5, 5.41) is 3.06. The Kier molecular flexibility index (Phi) is 7.52. The molecular formula is C17H26ClN3O2. The second-order valence-corrected chi connectivity index (χ2v) is 5.91. The van der Waals surface area contributed by atoms with Crippen LogP contribution in [0.4, 0.5) is 0 Å². The largest absolute Gasteiger partial charge is 0.349 e. The molecule has 1 aliphatic rings. The van der Waals surface area contributed by atoms with Crippen molar-refractivity contribution in [2.45, 2.75) is 32.2 Å². The van der Waals surface area contributed by atoms with Crippen molar-refractivity contribution in [2.24, 2.45) is 11.7 Å². The van der Waals surface area contributed by atoms with Crippen LogP contribution >= 0.6 is 12.4 Å². The van der Waals surface area contributed by atoms with E-state index < -0.39 is 0 Å². The molecule has 6 heteroatoms. The SMILES string of the molecule is CCN(C)C(=O)c1cccc(C(=O)NC2CCCC2CN)c1.Cl. The maximum atomic E-state index is 12.4. The Hall–Kier alpha value is -1.59. The lowest BCUT2D eigenvalue weighted by Gasteiger charge is -2.20. The molecule has 0 aromatic heterocycles. The first kappa shape index (κ1) is 19.5. The van der Waals surface area contributed by atoms with Gasteiger partial charge in [0.2, 0.25) is 0 Å². The number of nitrogens with two attached hydrogens (primary N) is 1. The van der Waals surface area contributed by atoms with Crippen LogP contribution < -0.4 is 11.1 Å². The van der Waals surface area contributed by atoms with E-state index >= 15 is 0 Å². The van der Waals surface area contributed by atoms with Crippen LogP contribution in [0.3, 0.4) is 0 Å². The molecule has 0 saturated heterocycles. The molecule has 0 heterocycles. The lowest BCUT2D eigenvalue weighted by Crippen LogP contribution is -2.40. The first-order valence-corrected chi connectivity index (χ1v) is 7.93. The van der Waals surface area contributed by atoms with Crippen LogP contribution in [-0.4, -0.2) is 42.9 Å². The minimum Gasteiger partial charge on any atom is -0.349 e. The summed E-state index contributed by atoms with van der Waals surface area (Å²) in [6.45, 7) is 3.15. The van der Waals surface area contributed by atoms with E-state index in [-0.39, 0.29) is 30.3 Å². The Morgan fingerprint density at radius 2 is 2.00 bits per heavy atom. The highest BCUT2D eigenvalue weighted by Crippen LogP contribution is 2.24. The summed E-state index contributed by atoms with van der Waals surface area (Å²) in [7, 11) is 1.75. The van der Waals surface area contributed by atoms with Gasteiger partial charge in [-0.25, -0.2) is 0 Å². The number of hydrogen-bond acceptors (Lipinski definition) is 3. The van der Waals surface area contributed by atoms with E-state index in [9.17, 15) is 9.59 Å². The van der Waals surface area contributed by atoms with E-state index in [1.807, 2.05) is 6.92 Å². The van der Waals surface area contributed by atoms with Gasteiger partial charge in [0, 0.05) is 30.8 Å². The molecule has 0 bridgehead atoms. The van der Waals surface area contributed by atoms with Crippen LogP contribution in [0, 0.1) is 5.92 Å². The lowest BCUT2D eigenvalue weighted by molar-refractivity contribution is 0.0802. The monoisotopic (exact) mass is 339 g/mol. The fourth-order valence-electron chi connectivity index (χ4n) is 2.92. The molecule has 2 amide bonds. The zero-order valence-electron chi connectivity index (χ0n) is 13.7. The lowest BCUT2D eigenvalue weighted by atomic mass is 10.0. The Bertz CT molecular complexity index is 550. The number of carbonyl (C=O) groups is 2. The van der Waals surface area contributed by atoms with E-state index in [2.05, 4.69) is 5.32 Å². The molecule has 23 heavy (non-hydrogen) atoms. The summed E-state index contributed by atoms with van der Waals surface area (Å²) in [4.78, 5) is 26.2. The van der Waals surface area contributed by atoms with E-state index in [1.54, 1.807) is 36.2 Å². The van der Waals surface area contributed by atoms with Gasteiger partial charge < -0.3 is 16.0 Å². The molecule has 2 unspecified atom stereocenters. The van der Waals surface area contributed by atoms with Crippen LogP contribution in [0.15, 0.2) is 24.3 Å². The van der Waals surface area contributed by atoms with Crippen LogP contribution in [0.25, 0.3) is 0 Å². The fraction of sp³-hybridized carbons (Fsp3) is 0.529. The molecule has 1 aromatic carbocycles. The topological polar surface area (TPSA) is 75.4 Å². The number of hydrogen-bond donors (Lipinski definition) is 2. The second-order valence-electron chi connectivity index (χ2n) is 5.91. The number of amides is 2. The Labute approximate surface area is 144 Å². The average molecular weight is 340 g/mol. The quantitative estimate of drug-likeness (QED) is 0.862. The van der Waals surface area contributed by atoms with Crippen molar-refractivity contribution in [3.8, 4) is 0 Å². The maximum absolute atomic E-state index is 12.4. The van der Waals surface area contributed by atoms with Crippen molar-refractivity contribution < 1.29 is 9.59 Å². The highest BCUT2D eigenvalue weighted by Gasteiger charge is 2.27. The third-order valence-corrected chi connectivity index (χ3v) is 4.47. The summed E-state index contributed by atoms with van der Waals surface area (Å²) in [5.74, 6) is 0.164. The Balaban J connectivity index is 0.00000264. The van der Waals surface area contributed by atoms with E-state index in [0.29, 0.717) is 30.1 Å². The highest BCUT2D eigenvalue weighted by molar-refractivity contribution is 5.99. The highest BCUT2D eigenvalue weighted by atomic mass is 35.5. The van der Waals surface area contributed by atoms with Crippen LogP contribution in [0.5, 0.6) is 0 Å². The first-order valence-electron chi connectivity index (χ1n) is 7.93. The fourth-order valence-corrected chi connectivity index (χ4v) is 2.92. The van der Waals surface area contributed by atoms with Gasteiger partial charge in [-0.05, 0) is 50.4 Å². The Morgan fingerprint density at radius 1 is 1.30 bits per heavy atom. The molecule has 0 radical (unpaired) electrons. The van der Waals surface area contributed by atoms with Gasteiger partial charge in [0.15, 0.2) is 0 Å². The van der Waals surface area contributed by atoms with Gasteiger partial charge in [-0.1, -0.05) is 12.5 Å². The number of halogens is 1. The molecule has 1 aliphatic carbocycles. The third-order valence-electron chi connectivity index (χ3n) is 4.47. The van der Waals surface area contributed by atoms with Crippen molar-refractivity contribution in [2.75, 3.05) is 20.1 Å². The predicted molar refractivity (Wildman–Crippen MR) is 94.0 cm³/mol. The number of benzene rings is 1. The predicted octanol–water partition coefficient (Wildman–Crippen LogP) is 2.06. The number of rotatable bonds is 5. The van der Waals surface area contributed by atoms with Crippen molar-refractivity contribution in [3.63, 3.8) is 0 Å². The molecular weight excluding hydrogens is 314 g/mol. The van der Waals surface area contributed by atoms with Gasteiger partial charge in [0.05, 0.1) is 0 Å². The van der Waals surface area contributed by atoms with Crippen LogP contribution in [0.1, 0.15) is 46.9 Å². The summed E-state index contributed by atoms with van der Waals surface area (Å²) >= 11 is 0. The number of nitrogens with one attached hydrogen (secondary N) is 1. The maximum Gasteiger partial charge on any atom is 0.253 e. The number of carbonyl (C=O) groups excluding carboxylic acids is 2. The van der Waals surface area contributed by atoms with Gasteiger partial charge in [-0.3, -0.25) is 9.59 Å². The Morgan fingerprint density at radius 3 is 2.65 bits per heavy atom. The molecule has 0 aliphatic heterocycles. The first-order chi connectivity index (χ1) is 10.6. The number of nitrogens with zero attached hydrogens (tertiary/aromatic N) is 1. The van der Waals surface area contributed by atoms with Crippen molar-refractivity contribution >= 4 is 24.2 Å². The zero-order chi connectivity index (χ0) is 16.1. The van der Waals surface area contributed by atoms with Crippen molar-refractivity contribution in [3.05, 3.63) is 35.4 Å². The summed E-state index contributed by atoms with van der Waals surface area (Å²) in [6, 6.07) is 7.04. The smallest absolute Gasteiger partial charge is 0.253 e. The van der Waals surface area contributed by atoms with Gasteiger partial charge in [0.25, 0.3) is 11.8 Å². The molecule has 0 spiro atoms. The average Bonchev–Trinajstić information content (AvgIpc) is 3.00. The van der Waals surface area contributed by atoms with E-state index in [4.69, 9.17) is 5.73 Å². The molecule has 2 rings (SSSR count). The van der Waals surface area contributed by atoms with Gasteiger partial charge >= 0.3 is 0 Å². The molecule has 1 saturated carbocycles. The van der Waals surface area contributed by atoms with E-state index in [0.717, 1.165) is 19.3 Å². The van der Waals surface area contributed by atoms with Crippen LogP contribution in [-0.2, 0) is 0 Å². The molecule has 1 aromatic rings. The second kappa shape index (κ2) is 8.89. The third kappa shape index (κ3) is 4.69. The summed E-state index contributed by atoms with van der Waals surface area (Å²) in [6.07, 6.45) is 3.15. The molecule has 1 fully saturated rings. The minimum atomic E-state index is -0.126. The van der Waals surface area contributed by atoms with Crippen molar-refractivity contribution in [1.29, 1.82) is 0 Å². The summed E-state index contributed by atoms with van der Waals surface area (Å²) in [5.41, 5.74) is 6.82. The molecule has 2 atom stereocenters. The molecule has 3 N–H and O–H groups in total. The van der Waals surface area contributed by atoms with Gasteiger partial charge in [-0.2, -0.15) is 0 Å². The van der Waals surface area contributed by atoms with Gasteiger partial charge in [0.1, 0.15) is 0 Å². The summed E-state index contributed by atoms with van der Waals surface area (Å²) < 4.78 is 0. The standard InChI is InChI=1S/C17H25N3O2.ClH/c1-3-20(2)17(22)13-7-4-6-12(10-13)16(21)19-15-9-5-8-14(15)11-18;/h4,6-7,10,14-15H,3,5,8-9,11,18H2,1-2H3,(H,19,21);1H. The minimum absolute atomic E-state index is 0.